The first kappa shape index (κ1) is 13.8. The number of H-pyrrole nitrogens is 2. The zero-order valence-electron chi connectivity index (χ0n) is 10.9. The van der Waals surface area contributed by atoms with Gasteiger partial charge < -0.3 is 25.1 Å². The van der Waals surface area contributed by atoms with Gasteiger partial charge in [0, 0.05) is 13.1 Å². The summed E-state index contributed by atoms with van der Waals surface area (Å²) in [6.07, 6.45) is 0.117. The average molecular weight is 265 g/mol. The van der Waals surface area contributed by atoms with Crippen molar-refractivity contribution in [2.75, 3.05) is 26.7 Å². The Morgan fingerprint density at radius 3 is 2.79 bits per heavy atom. The highest BCUT2D eigenvalue weighted by Crippen LogP contribution is 2.11. The highest BCUT2D eigenvalue weighted by atomic mass is 16.3. The minimum Gasteiger partial charge on any atom is -0.394 e. The Labute approximate surface area is 110 Å². The number of imidazole rings is 1. The molecule has 4 N–H and O–H groups in total. The molecule has 2 aromatic rings. The molecule has 0 saturated heterocycles. The molecule has 1 aromatic heterocycles. The first-order chi connectivity index (χ1) is 9.08. The summed E-state index contributed by atoms with van der Waals surface area (Å²) in [6.45, 7) is 0.998. The summed E-state index contributed by atoms with van der Waals surface area (Å²) < 4.78 is 0. The molecular weight excluding hydrogens is 246 g/mol. The largest absolute Gasteiger partial charge is 0.394 e. The van der Waals surface area contributed by atoms with Crippen molar-refractivity contribution in [1.82, 2.24) is 14.9 Å². The van der Waals surface area contributed by atoms with Crippen molar-refractivity contribution >= 4 is 11.0 Å². The second-order valence-electron chi connectivity index (χ2n) is 4.81. The van der Waals surface area contributed by atoms with E-state index in [9.17, 15) is 9.90 Å². The topological polar surface area (TPSA) is 92.4 Å². The van der Waals surface area contributed by atoms with Crippen LogP contribution in [-0.2, 0) is 6.42 Å². The fraction of sp³-hybridized carbons (Fsp3) is 0.462. The average Bonchev–Trinajstić information content (AvgIpc) is 2.75. The molecule has 0 saturated carbocycles. The molecule has 1 aromatic carbocycles. The van der Waals surface area contributed by atoms with Gasteiger partial charge in [0.2, 0.25) is 0 Å². The fourth-order valence-electron chi connectivity index (χ4n) is 2.06. The lowest BCUT2D eigenvalue weighted by Crippen LogP contribution is -2.32. The van der Waals surface area contributed by atoms with Gasteiger partial charge in [0.05, 0.1) is 23.7 Å². The molecule has 0 aliphatic rings. The molecule has 0 aliphatic carbocycles. The number of aromatic nitrogens is 2. The number of nitrogens with one attached hydrogen (secondary N) is 2. The number of benzene rings is 1. The van der Waals surface area contributed by atoms with E-state index in [0.717, 1.165) is 29.6 Å². The molecule has 6 heteroatoms. The quantitative estimate of drug-likeness (QED) is 0.576. The standard InChI is InChI=1S/C13H19N3O3/c1-16(7-10(18)8-17)5-4-9-2-3-11-12(6-9)15-13(19)14-11/h2-3,6,10,17-18H,4-5,7-8H2,1H3,(H2,14,15,19). The first-order valence-corrected chi connectivity index (χ1v) is 6.27. The minimum absolute atomic E-state index is 0.199. The van der Waals surface area contributed by atoms with Gasteiger partial charge in [0.25, 0.3) is 0 Å². The molecule has 0 amide bonds. The third-order valence-electron chi connectivity index (χ3n) is 3.10. The maximum Gasteiger partial charge on any atom is 0.323 e. The van der Waals surface area contributed by atoms with E-state index in [1.807, 2.05) is 30.1 Å². The Bertz CT molecular complexity index is 590. The van der Waals surface area contributed by atoms with Crippen LogP contribution in [0.2, 0.25) is 0 Å². The van der Waals surface area contributed by atoms with Gasteiger partial charge in [-0.15, -0.1) is 0 Å². The summed E-state index contributed by atoms with van der Waals surface area (Å²) >= 11 is 0. The third kappa shape index (κ3) is 3.66. The molecule has 6 nitrogen and oxygen atoms in total. The molecular formula is C13H19N3O3. The zero-order chi connectivity index (χ0) is 13.8. The number of fused-ring (bicyclic) bond motifs is 1. The summed E-state index contributed by atoms with van der Waals surface area (Å²) in [5, 5.41) is 18.1. The molecule has 2 rings (SSSR count). The lowest BCUT2D eigenvalue weighted by atomic mass is 10.1. The number of likely N-dealkylation sites (N-methyl/N-ethyl adjacent to an activating group) is 1. The van der Waals surface area contributed by atoms with Crippen molar-refractivity contribution in [1.29, 1.82) is 0 Å². The van der Waals surface area contributed by atoms with Crippen LogP contribution in [-0.4, -0.2) is 57.9 Å². The van der Waals surface area contributed by atoms with Crippen LogP contribution in [0.4, 0.5) is 0 Å². The predicted octanol–water partition coefficient (Wildman–Crippen LogP) is -0.316. The normalized spacial score (nSPS) is 13.3. The van der Waals surface area contributed by atoms with Gasteiger partial charge in [0.15, 0.2) is 0 Å². The number of nitrogens with zero attached hydrogens (tertiary/aromatic N) is 1. The lowest BCUT2D eigenvalue weighted by molar-refractivity contribution is 0.0669. The molecule has 1 unspecified atom stereocenters. The van der Waals surface area contributed by atoms with Crippen LogP contribution in [0, 0.1) is 0 Å². The van der Waals surface area contributed by atoms with Gasteiger partial charge in [-0.3, -0.25) is 0 Å². The predicted molar refractivity (Wildman–Crippen MR) is 73.2 cm³/mol. The van der Waals surface area contributed by atoms with E-state index in [1.54, 1.807) is 0 Å². The van der Waals surface area contributed by atoms with Gasteiger partial charge in [-0.1, -0.05) is 6.07 Å². The highest BCUT2D eigenvalue weighted by Gasteiger charge is 2.07. The minimum atomic E-state index is -0.700. The van der Waals surface area contributed by atoms with Gasteiger partial charge >= 0.3 is 5.69 Å². The van der Waals surface area contributed by atoms with Crippen LogP contribution < -0.4 is 5.69 Å². The Morgan fingerprint density at radius 2 is 2.05 bits per heavy atom. The van der Waals surface area contributed by atoms with Crippen molar-refractivity contribution in [3.05, 3.63) is 34.2 Å². The van der Waals surface area contributed by atoms with Gasteiger partial charge in [0.1, 0.15) is 0 Å². The number of hydrogen-bond donors (Lipinski definition) is 4. The number of aliphatic hydroxyl groups is 2. The van der Waals surface area contributed by atoms with E-state index >= 15 is 0 Å². The van der Waals surface area contributed by atoms with Gasteiger partial charge in [-0.2, -0.15) is 0 Å². The van der Waals surface area contributed by atoms with Crippen LogP contribution in [0.3, 0.4) is 0 Å². The van der Waals surface area contributed by atoms with Crippen LogP contribution in [0.15, 0.2) is 23.0 Å². The van der Waals surface area contributed by atoms with Crippen molar-refractivity contribution in [2.45, 2.75) is 12.5 Å². The molecule has 0 aliphatic heterocycles. The van der Waals surface area contributed by atoms with Crippen molar-refractivity contribution in [3.63, 3.8) is 0 Å². The summed E-state index contributed by atoms with van der Waals surface area (Å²) in [6, 6.07) is 5.80. The van der Waals surface area contributed by atoms with E-state index in [4.69, 9.17) is 5.11 Å². The molecule has 0 spiro atoms. The summed E-state index contributed by atoms with van der Waals surface area (Å²) in [5.41, 5.74) is 2.53. The maximum absolute atomic E-state index is 11.1. The summed E-state index contributed by atoms with van der Waals surface area (Å²) in [4.78, 5) is 18.5. The highest BCUT2D eigenvalue weighted by molar-refractivity contribution is 5.74. The molecule has 104 valence electrons. The number of hydrogen-bond acceptors (Lipinski definition) is 4. The van der Waals surface area contributed by atoms with Crippen molar-refractivity contribution in [3.8, 4) is 0 Å². The second kappa shape index (κ2) is 6.01. The molecule has 1 heterocycles. The Balaban J connectivity index is 1.95. The van der Waals surface area contributed by atoms with Gasteiger partial charge in [-0.05, 0) is 31.2 Å². The van der Waals surface area contributed by atoms with Crippen LogP contribution >= 0.6 is 0 Å². The Kier molecular flexibility index (Phi) is 4.36. The third-order valence-corrected chi connectivity index (χ3v) is 3.10. The van der Waals surface area contributed by atoms with Crippen LogP contribution in [0.25, 0.3) is 11.0 Å². The van der Waals surface area contributed by atoms with Crippen LogP contribution in [0.5, 0.6) is 0 Å². The van der Waals surface area contributed by atoms with Crippen LogP contribution in [0.1, 0.15) is 5.56 Å². The zero-order valence-corrected chi connectivity index (χ0v) is 10.9. The number of rotatable bonds is 6. The van der Waals surface area contributed by atoms with E-state index in [-0.39, 0.29) is 12.3 Å². The molecule has 0 bridgehead atoms. The number of aliphatic hydroxyl groups excluding tert-OH is 2. The molecule has 19 heavy (non-hydrogen) atoms. The van der Waals surface area contributed by atoms with E-state index in [1.165, 1.54) is 0 Å². The Morgan fingerprint density at radius 1 is 1.32 bits per heavy atom. The van der Waals surface area contributed by atoms with Gasteiger partial charge in [-0.25, -0.2) is 4.79 Å². The van der Waals surface area contributed by atoms with E-state index < -0.39 is 6.10 Å². The molecule has 0 radical (unpaired) electrons. The van der Waals surface area contributed by atoms with Crippen molar-refractivity contribution < 1.29 is 10.2 Å². The molecule has 1 atom stereocenters. The summed E-state index contributed by atoms with van der Waals surface area (Å²) in [5.74, 6) is 0. The monoisotopic (exact) mass is 265 g/mol. The lowest BCUT2D eigenvalue weighted by Gasteiger charge is -2.19. The van der Waals surface area contributed by atoms with E-state index in [2.05, 4.69) is 9.97 Å². The SMILES string of the molecule is CN(CCc1ccc2[nH]c(=O)[nH]c2c1)CC(O)CO. The first-order valence-electron chi connectivity index (χ1n) is 6.27. The fourth-order valence-corrected chi connectivity index (χ4v) is 2.06. The summed E-state index contributed by atoms with van der Waals surface area (Å²) in [7, 11) is 1.90. The smallest absolute Gasteiger partial charge is 0.323 e. The molecule has 0 fully saturated rings. The second-order valence-corrected chi connectivity index (χ2v) is 4.81. The maximum atomic E-state index is 11.1. The Hall–Kier alpha value is -1.63. The van der Waals surface area contributed by atoms with E-state index in [0.29, 0.717) is 6.54 Å². The number of aromatic amines is 2. The van der Waals surface area contributed by atoms with Crippen molar-refractivity contribution in [2.24, 2.45) is 0 Å².